The van der Waals surface area contributed by atoms with Crippen LogP contribution in [0.15, 0.2) is 18.2 Å². The Labute approximate surface area is 114 Å². The van der Waals surface area contributed by atoms with Crippen LogP contribution in [0, 0.1) is 20.8 Å². The monoisotopic (exact) mass is 259 g/mol. The van der Waals surface area contributed by atoms with Gasteiger partial charge in [-0.25, -0.2) is 4.68 Å². The topological polar surface area (TPSA) is 50.1 Å². The Kier molecular flexibility index (Phi) is 3.90. The molecule has 0 radical (unpaired) electrons. The maximum Gasteiger partial charge on any atom is 0.115 e. The summed E-state index contributed by atoms with van der Waals surface area (Å²) in [5.74, 6) is 0.288. The van der Waals surface area contributed by atoms with Crippen molar-refractivity contribution in [2.24, 2.45) is 0 Å². The zero-order chi connectivity index (χ0) is 14.0. The average Bonchev–Trinajstić information content (AvgIpc) is 2.63. The Morgan fingerprint density at radius 3 is 2.63 bits per heavy atom. The number of nitrogens with one attached hydrogen (secondary N) is 1. The summed E-state index contributed by atoms with van der Waals surface area (Å²) >= 11 is 0. The Balaban J connectivity index is 2.45. The molecule has 0 aliphatic carbocycles. The van der Waals surface area contributed by atoms with E-state index in [9.17, 15) is 5.11 Å². The normalized spacial score (nSPS) is 10.9. The first-order valence-electron chi connectivity index (χ1n) is 6.60. The number of aromatic nitrogens is 2. The predicted molar refractivity (Wildman–Crippen MR) is 76.8 cm³/mol. The van der Waals surface area contributed by atoms with E-state index in [1.165, 1.54) is 5.56 Å². The van der Waals surface area contributed by atoms with Gasteiger partial charge in [0.05, 0.1) is 11.4 Å². The lowest BCUT2D eigenvalue weighted by molar-refractivity contribution is 0.474. The summed E-state index contributed by atoms with van der Waals surface area (Å²) < 4.78 is 1.96. The number of nitrogens with zero attached hydrogens (tertiary/aromatic N) is 2. The second-order valence-electron chi connectivity index (χ2n) is 4.81. The van der Waals surface area contributed by atoms with Crippen LogP contribution in [-0.2, 0) is 6.54 Å². The van der Waals surface area contributed by atoms with E-state index in [1.807, 2.05) is 24.6 Å². The fourth-order valence-corrected chi connectivity index (χ4v) is 2.29. The van der Waals surface area contributed by atoms with Crippen molar-refractivity contribution < 1.29 is 5.11 Å². The number of phenols is 1. The van der Waals surface area contributed by atoms with Gasteiger partial charge in [0.15, 0.2) is 0 Å². The number of benzene rings is 1. The van der Waals surface area contributed by atoms with E-state index < -0.39 is 0 Å². The van der Waals surface area contributed by atoms with Crippen LogP contribution < -0.4 is 5.32 Å². The molecule has 2 aromatic rings. The van der Waals surface area contributed by atoms with Crippen molar-refractivity contribution in [3.8, 4) is 11.4 Å². The number of rotatable bonds is 4. The molecule has 102 valence electrons. The standard InChI is InChI=1S/C15H21N3O/c1-5-16-9-14-11(3)17-18(12(14)4)15-7-6-13(19)8-10(15)2/h6-8,16,19H,5,9H2,1-4H3. The summed E-state index contributed by atoms with van der Waals surface area (Å²) in [4.78, 5) is 0. The highest BCUT2D eigenvalue weighted by atomic mass is 16.3. The first-order chi connectivity index (χ1) is 9.04. The van der Waals surface area contributed by atoms with E-state index >= 15 is 0 Å². The molecule has 1 heterocycles. The maximum atomic E-state index is 9.49. The first-order valence-corrected chi connectivity index (χ1v) is 6.60. The zero-order valence-corrected chi connectivity index (χ0v) is 12.0. The van der Waals surface area contributed by atoms with Crippen LogP contribution in [0.25, 0.3) is 5.69 Å². The van der Waals surface area contributed by atoms with Crippen molar-refractivity contribution in [2.45, 2.75) is 34.2 Å². The lowest BCUT2D eigenvalue weighted by Gasteiger charge is -2.09. The van der Waals surface area contributed by atoms with Crippen molar-refractivity contribution >= 4 is 0 Å². The molecule has 4 nitrogen and oxygen atoms in total. The minimum atomic E-state index is 0.288. The third kappa shape index (κ3) is 2.63. The molecule has 0 atom stereocenters. The van der Waals surface area contributed by atoms with Gasteiger partial charge in [0.25, 0.3) is 0 Å². The van der Waals surface area contributed by atoms with Crippen LogP contribution in [0.3, 0.4) is 0 Å². The lowest BCUT2D eigenvalue weighted by atomic mass is 10.1. The Hall–Kier alpha value is -1.81. The highest BCUT2D eigenvalue weighted by Crippen LogP contribution is 2.23. The summed E-state index contributed by atoms with van der Waals surface area (Å²) in [7, 11) is 0. The quantitative estimate of drug-likeness (QED) is 0.887. The molecule has 2 rings (SSSR count). The van der Waals surface area contributed by atoms with Gasteiger partial charge >= 0.3 is 0 Å². The molecule has 1 aromatic carbocycles. The molecular weight excluding hydrogens is 238 g/mol. The van der Waals surface area contributed by atoms with Gasteiger partial charge in [0.1, 0.15) is 5.75 Å². The molecule has 0 unspecified atom stereocenters. The predicted octanol–water partition coefficient (Wildman–Crippen LogP) is 2.61. The average molecular weight is 259 g/mol. The molecule has 19 heavy (non-hydrogen) atoms. The van der Waals surface area contributed by atoms with Crippen LogP contribution in [0.2, 0.25) is 0 Å². The summed E-state index contributed by atoms with van der Waals surface area (Å²) in [6.45, 7) is 9.98. The molecular formula is C15H21N3O. The fourth-order valence-electron chi connectivity index (χ4n) is 2.29. The molecule has 0 aliphatic rings. The summed E-state index contributed by atoms with van der Waals surface area (Å²) in [6, 6.07) is 5.36. The van der Waals surface area contributed by atoms with E-state index in [4.69, 9.17) is 0 Å². The Morgan fingerprint density at radius 2 is 2.00 bits per heavy atom. The minimum absolute atomic E-state index is 0.288. The Morgan fingerprint density at radius 1 is 1.26 bits per heavy atom. The van der Waals surface area contributed by atoms with Crippen LogP contribution in [0.1, 0.15) is 29.4 Å². The van der Waals surface area contributed by atoms with Crippen LogP contribution in [-0.4, -0.2) is 21.4 Å². The van der Waals surface area contributed by atoms with Gasteiger partial charge in [0, 0.05) is 17.8 Å². The molecule has 2 N–H and O–H groups in total. The highest BCUT2D eigenvalue weighted by molar-refractivity contribution is 5.46. The van der Waals surface area contributed by atoms with Gasteiger partial charge in [-0.3, -0.25) is 0 Å². The number of hydrogen-bond acceptors (Lipinski definition) is 3. The molecule has 1 aromatic heterocycles. The lowest BCUT2D eigenvalue weighted by Crippen LogP contribution is -2.13. The van der Waals surface area contributed by atoms with Crippen molar-refractivity contribution in [3.63, 3.8) is 0 Å². The number of aryl methyl sites for hydroxylation is 2. The van der Waals surface area contributed by atoms with E-state index in [-0.39, 0.29) is 5.75 Å². The summed E-state index contributed by atoms with van der Waals surface area (Å²) in [5.41, 5.74) is 5.47. The van der Waals surface area contributed by atoms with Gasteiger partial charge < -0.3 is 10.4 Å². The van der Waals surface area contributed by atoms with E-state index in [1.54, 1.807) is 12.1 Å². The third-order valence-corrected chi connectivity index (χ3v) is 3.40. The number of aromatic hydroxyl groups is 1. The molecule has 0 aliphatic heterocycles. The summed E-state index contributed by atoms with van der Waals surface area (Å²) in [5, 5.41) is 17.5. The Bertz CT molecular complexity index is 587. The van der Waals surface area contributed by atoms with Gasteiger partial charge in [-0.1, -0.05) is 6.92 Å². The smallest absolute Gasteiger partial charge is 0.115 e. The third-order valence-electron chi connectivity index (χ3n) is 3.40. The SMILES string of the molecule is CCNCc1c(C)nn(-c2ccc(O)cc2C)c1C. The second kappa shape index (κ2) is 5.45. The van der Waals surface area contributed by atoms with E-state index in [2.05, 4.69) is 24.3 Å². The van der Waals surface area contributed by atoms with Gasteiger partial charge in [-0.2, -0.15) is 5.10 Å². The van der Waals surface area contributed by atoms with Crippen molar-refractivity contribution in [2.75, 3.05) is 6.54 Å². The fraction of sp³-hybridized carbons (Fsp3) is 0.400. The molecule has 0 spiro atoms. The van der Waals surface area contributed by atoms with Gasteiger partial charge in [-0.15, -0.1) is 0 Å². The van der Waals surface area contributed by atoms with E-state index in [0.29, 0.717) is 0 Å². The zero-order valence-electron chi connectivity index (χ0n) is 12.0. The molecule has 4 heteroatoms. The molecule has 0 saturated heterocycles. The first kappa shape index (κ1) is 13.6. The van der Waals surface area contributed by atoms with E-state index in [0.717, 1.165) is 35.7 Å². The molecule has 0 saturated carbocycles. The highest BCUT2D eigenvalue weighted by Gasteiger charge is 2.13. The van der Waals surface area contributed by atoms with Crippen LogP contribution in [0.5, 0.6) is 5.75 Å². The number of phenolic OH excluding ortho intramolecular Hbond substituents is 1. The molecule has 0 fully saturated rings. The van der Waals surface area contributed by atoms with Crippen molar-refractivity contribution in [1.82, 2.24) is 15.1 Å². The minimum Gasteiger partial charge on any atom is -0.508 e. The van der Waals surface area contributed by atoms with Gasteiger partial charge in [-0.05, 0) is 51.1 Å². The van der Waals surface area contributed by atoms with Gasteiger partial charge in [0.2, 0.25) is 0 Å². The maximum absolute atomic E-state index is 9.49. The van der Waals surface area contributed by atoms with Crippen molar-refractivity contribution in [3.05, 3.63) is 40.7 Å². The molecule has 0 bridgehead atoms. The largest absolute Gasteiger partial charge is 0.508 e. The van der Waals surface area contributed by atoms with Crippen LogP contribution >= 0.6 is 0 Å². The second-order valence-corrected chi connectivity index (χ2v) is 4.81. The number of hydrogen-bond donors (Lipinski definition) is 2. The molecule has 0 amide bonds. The van der Waals surface area contributed by atoms with Crippen LogP contribution in [0.4, 0.5) is 0 Å². The summed E-state index contributed by atoms with van der Waals surface area (Å²) in [6.07, 6.45) is 0. The van der Waals surface area contributed by atoms with Crippen molar-refractivity contribution in [1.29, 1.82) is 0 Å².